The number of unbranched alkanes of at least 4 members (excludes halogenated alkanes) is 9. The van der Waals surface area contributed by atoms with Crippen molar-refractivity contribution in [3.63, 3.8) is 0 Å². The Morgan fingerprint density at radius 3 is 2.07 bits per heavy atom. The molecule has 0 spiro atoms. The van der Waals surface area contributed by atoms with Crippen LogP contribution in [0.1, 0.15) is 94.3 Å². The monoisotopic (exact) mass is 450 g/mol. The SMILES string of the molecule is CCCCCCC=CCCCCCCCC(=O)OCC(=O)c1ccc(Br)cc1. The van der Waals surface area contributed by atoms with Gasteiger partial charge in [-0.3, -0.25) is 9.59 Å². The zero-order valence-electron chi connectivity index (χ0n) is 17.3. The number of rotatable bonds is 16. The van der Waals surface area contributed by atoms with Crippen LogP contribution in [0.15, 0.2) is 40.9 Å². The molecular weight excluding hydrogens is 416 g/mol. The lowest BCUT2D eigenvalue weighted by Gasteiger charge is -2.05. The number of carbonyl (C=O) groups is 2. The van der Waals surface area contributed by atoms with Gasteiger partial charge in [-0.05, 0) is 44.2 Å². The maximum atomic E-state index is 12.0. The van der Waals surface area contributed by atoms with Crippen LogP contribution in [0, 0.1) is 0 Å². The summed E-state index contributed by atoms with van der Waals surface area (Å²) in [6.45, 7) is 2.07. The van der Waals surface area contributed by atoms with Crippen molar-refractivity contribution in [2.75, 3.05) is 6.61 Å². The molecule has 0 unspecified atom stereocenters. The largest absolute Gasteiger partial charge is 0.457 e. The highest BCUT2D eigenvalue weighted by Gasteiger charge is 2.09. The molecular formula is C24H35BrO3. The number of hydrogen-bond donors (Lipinski definition) is 0. The van der Waals surface area contributed by atoms with E-state index in [0.717, 1.165) is 30.2 Å². The molecule has 0 heterocycles. The van der Waals surface area contributed by atoms with E-state index < -0.39 is 0 Å². The van der Waals surface area contributed by atoms with Gasteiger partial charge < -0.3 is 4.74 Å². The number of benzene rings is 1. The lowest BCUT2D eigenvalue weighted by atomic mass is 10.1. The average Bonchev–Trinajstić information content (AvgIpc) is 2.70. The minimum absolute atomic E-state index is 0.167. The van der Waals surface area contributed by atoms with Gasteiger partial charge in [0.25, 0.3) is 0 Å². The molecule has 0 aliphatic carbocycles. The highest BCUT2D eigenvalue weighted by molar-refractivity contribution is 9.10. The van der Waals surface area contributed by atoms with Crippen molar-refractivity contribution in [1.29, 1.82) is 0 Å². The molecule has 0 bridgehead atoms. The standard InChI is InChI=1S/C24H35BrO3/c1-2-3-4-5-6-7-8-9-10-11-12-13-14-15-24(27)28-20-23(26)21-16-18-22(25)19-17-21/h7-8,16-19H,2-6,9-15,20H2,1H3. The number of halogens is 1. The van der Waals surface area contributed by atoms with E-state index in [1.54, 1.807) is 24.3 Å². The molecule has 3 nitrogen and oxygen atoms in total. The highest BCUT2D eigenvalue weighted by atomic mass is 79.9. The minimum Gasteiger partial charge on any atom is -0.457 e. The number of ketones is 1. The van der Waals surface area contributed by atoms with E-state index in [9.17, 15) is 9.59 Å². The van der Waals surface area contributed by atoms with Gasteiger partial charge in [-0.1, -0.05) is 85.7 Å². The highest BCUT2D eigenvalue weighted by Crippen LogP contribution is 2.12. The van der Waals surface area contributed by atoms with Gasteiger partial charge in [0.05, 0.1) is 0 Å². The van der Waals surface area contributed by atoms with Crippen LogP contribution < -0.4 is 0 Å². The summed E-state index contributed by atoms with van der Waals surface area (Å²) in [6, 6.07) is 7.06. The molecule has 0 fully saturated rings. The summed E-state index contributed by atoms with van der Waals surface area (Å²) in [5.41, 5.74) is 0.561. The Hall–Kier alpha value is -1.42. The lowest BCUT2D eigenvalue weighted by Crippen LogP contribution is -2.13. The second kappa shape index (κ2) is 16.5. The first-order chi connectivity index (χ1) is 13.6. The van der Waals surface area contributed by atoms with E-state index in [1.807, 2.05) is 0 Å². The van der Waals surface area contributed by atoms with Crippen LogP contribution in [-0.2, 0) is 9.53 Å². The number of hydrogen-bond acceptors (Lipinski definition) is 3. The third-order valence-corrected chi connectivity index (χ3v) is 5.20. The van der Waals surface area contributed by atoms with Crippen molar-refractivity contribution < 1.29 is 14.3 Å². The van der Waals surface area contributed by atoms with Gasteiger partial charge in [-0.2, -0.15) is 0 Å². The predicted molar refractivity (Wildman–Crippen MR) is 120 cm³/mol. The molecule has 0 aromatic heterocycles. The Labute approximate surface area is 179 Å². The molecule has 0 saturated heterocycles. The van der Waals surface area contributed by atoms with E-state index in [2.05, 4.69) is 35.0 Å². The Bertz CT molecular complexity index is 578. The number of esters is 1. The number of ether oxygens (including phenoxy) is 1. The number of carbonyl (C=O) groups excluding carboxylic acids is 2. The summed E-state index contributed by atoms with van der Waals surface area (Å²) < 4.78 is 6.00. The van der Waals surface area contributed by atoms with E-state index in [-0.39, 0.29) is 18.4 Å². The number of allylic oxidation sites excluding steroid dienone is 2. The fourth-order valence-corrected chi connectivity index (χ4v) is 3.19. The third kappa shape index (κ3) is 12.9. The van der Waals surface area contributed by atoms with Gasteiger partial charge in [-0.15, -0.1) is 0 Å². The van der Waals surface area contributed by atoms with E-state index in [0.29, 0.717) is 12.0 Å². The molecule has 0 aliphatic rings. The van der Waals surface area contributed by atoms with Crippen molar-refractivity contribution >= 4 is 27.7 Å². The molecule has 0 aliphatic heterocycles. The average molecular weight is 451 g/mol. The first-order valence-electron chi connectivity index (χ1n) is 10.7. The van der Waals surface area contributed by atoms with Crippen molar-refractivity contribution in [2.45, 2.75) is 84.0 Å². The van der Waals surface area contributed by atoms with Crippen molar-refractivity contribution in [2.24, 2.45) is 0 Å². The summed E-state index contributed by atoms with van der Waals surface area (Å²) in [6.07, 6.45) is 18.2. The van der Waals surface area contributed by atoms with Crippen LogP contribution in [0.3, 0.4) is 0 Å². The van der Waals surface area contributed by atoms with Gasteiger partial charge in [-0.25, -0.2) is 0 Å². The van der Waals surface area contributed by atoms with Crippen LogP contribution in [0.25, 0.3) is 0 Å². The van der Waals surface area contributed by atoms with E-state index >= 15 is 0 Å². The molecule has 156 valence electrons. The fourth-order valence-electron chi connectivity index (χ4n) is 2.92. The first kappa shape index (κ1) is 24.6. The Balaban J connectivity index is 1.94. The quantitative estimate of drug-likeness (QED) is 0.114. The fraction of sp³-hybridized carbons (Fsp3) is 0.583. The maximum absolute atomic E-state index is 12.0. The molecule has 0 saturated carbocycles. The van der Waals surface area contributed by atoms with Crippen molar-refractivity contribution in [1.82, 2.24) is 0 Å². The lowest BCUT2D eigenvalue weighted by molar-refractivity contribution is -0.142. The van der Waals surface area contributed by atoms with Crippen molar-refractivity contribution in [3.05, 3.63) is 46.5 Å². The van der Waals surface area contributed by atoms with Crippen LogP contribution in [0.2, 0.25) is 0 Å². The summed E-state index contributed by atoms with van der Waals surface area (Å²) in [5.74, 6) is -0.448. The molecule has 1 aromatic carbocycles. The van der Waals surface area contributed by atoms with Crippen LogP contribution in [0.4, 0.5) is 0 Å². The Morgan fingerprint density at radius 2 is 1.43 bits per heavy atom. The Morgan fingerprint density at radius 1 is 0.857 bits per heavy atom. The molecule has 4 heteroatoms. The van der Waals surface area contributed by atoms with Crippen LogP contribution in [-0.4, -0.2) is 18.4 Å². The second-order valence-electron chi connectivity index (χ2n) is 7.22. The van der Waals surface area contributed by atoms with Gasteiger partial charge in [0.2, 0.25) is 0 Å². The molecule has 1 aromatic rings. The molecule has 28 heavy (non-hydrogen) atoms. The van der Waals surface area contributed by atoms with Crippen molar-refractivity contribution in [3.8, 4) is 0 Å². The zero-order chi connectivity index (χ0) is 20.5. The Kier molecular flexibility index (Phi) is 14.5. The van der Waals surface area contributed by atoms with E-state index in [1.165, 1.54) is 44.9 Å². The van der Waals surface area contributed by atoms with Gasteiger partial charge in [0.15, 0.2) is 12.4 Å². The molecule has 0 amide bonds. The van der Waals surface area contributed by atoms with Gasteiger partial charge in [0, 0.05) is 16.5 Å². The molecule has 0 radical (unpaired) electrons. The summed E-state index contributed by atoms with van der Waals surface area (Å²) in [4.78, 5) is 23.7. The third-order valence-electron chi connectivity index (χ3n) is 4.67. The normalized spacial score (nSPS) is 11.1. The minimum atomic E-state index is -0.281. The topological polar surface area (TPSA) is 43.4 Å². The molecule has 0 atom stereocenters. The second-order valence-corrected chi connectivity index (χ2v) is 8.13. The first-order valence-corrected chi connectivity index (χ1v) is 11.5. The van der Waals surface area contributed by atoms with Crippen LogP contribution in [0.5, 0.6) is 0 Å². The van der Waals surface area contributed by atoms with Gasteiger partial charge >= 0.3 is 5.97 Å². The zero-order valence-corrected chi connectivity index (χ0v) is 18.8. The summed E-state index contributed by atoms with van der Waals surface area (Å²) in [5, 5.41) is 0. The maximum Gasteiger partial charge on any atom is 0.306 e. The van der Waals surface area contributed by atoms with E-state index in [4.69, 9.17) is 4.74 Å². The number of Topliss-reactive ketones (excluding diaryl/α,β-unsaturated/α-hetero) is 1. The van der Waals surface area contributed by atoms with Crippen LogP contribution >= 0.6 is 15.9 Å². The predicted octanol–water partition coefficient (Wildman–Crippen LogP) is 7.43. The smallest absolute Gasteiger partial charge is 0.306 e. The van der Waals surface area contributed by atoms with Gasteiger partial charge in [0.1, 0.15) is 0 Å². The molecule has 0 N–H and O–H groups in total. The summed E-state index contributed by atoms with van der Waals surface area (Å²) in [7, 11) is 0. The summed E-state index contributed by atoms with van der Waals surface area (Å²) >= 11 is 3.33. The molecule has 1 rings (SSSR count).